The van der Waals surface area contributed by atoms with E-state index < -0.39 is 24.4 Å². The highest BCUT2D eigenvalue weighted by Crippen LogP contribution is 2.39. The summed E-state index contributed by atoms with van der Waals surface area (Å²) in [4.78, 5) is 14.6. The van der Waals surface area contributed by atoms with E-state index in [1.807, 2.05) is 33.8 Å². The van der Waals surface area contributed by atoms with E-state index >= 15 is 0 Å². The Morgan fingerprint density at radius 2 is 1.77 bits per heavy atom. The highest BCUT2D eigenvalue weighted by Gasteiger charge is 2.52. The second kappa shape index (κ2) is 8.87. The lowest BCUT2D eigenvalue weighted by Crippen LogP contribution is -2.47. The van der Waals surface area contributed by atoms with Crippen LogP contribution in [0.25, 0.3) is 0 Å². The van der Waals surface area contributed by atoms with Crippen LogP contribution in [0.3, 0.4) is 0 Å². The van der Waals surface area contributed by atoms with Crippen LogP contribution in [0.5, 0.6) is 0 Å². The summed E-state index contributed by atoms with van der Waals surface area (Å²) in [6.07, 6.45) is 4.92. The van der Waals surface area contributed by atoms with Crippen LogP contribution in [0, 0.1) is 0 Å². The van der Waals surface area contributed by atoms with Crippen LogP contribution in [0.4, 0.5) is 0 Å². The average molecular weight is 367 g/mol. The van der Waals surface area contributed by atoms with E-state index in [9.17, 15) is 4.79 Å². The first-order valence-electron chi connectivity index (χ1n) is 9.67. The molecule has 2 aliphatic rings. The van der Waals surface area contributed by atoms with Gasteiger partial charge in [0.1, 0.15) is 6.04 Å². The first-order valence-corrected chi connectivity index (χ1v) is 9.67. The van der Waals surface area contributed by atoms with Gasteiger partial charge in [0.2, 0.25) is 0 Å². The van der Waals surface area contributed by atoms with Crippen LogP contribution in [-0.4, -0.2) is 68.6 Å². The number of methoxy groups -OCH3 is 1. The Morgan fingerprint density at radius 3 is 2.27 bits per heavy atom. The number of rotatable bonds is 7. The molecule has 0 bridgehead atoms. The minimum Gasteiger partial charge on any atom is -0.468 e. The summed E-state index contributed by atoms with van der Waals surface area (Å²) in [6, 6.07) is -0.435. The molecule has 0 saturated carbocycles. The molecule has 7 heteroatoms. The topological polar surface area (TPSA) is 57.2 Å². The van der Waals surface area contributed by atoms with Crippen molar-refractivity contribution in [3.05, 3.63) is 11.5 Å². The van der Waals surface area contributed by atoms with Gasteiger partial charge in [-0.3, -0.25) is 9.69 Å². The summed E-state index contributed by atoms with van der Waals surface area (Å²) in [6.45, 7) is 13.0. The normalized spacial score (nSPS) is 24.5. The number of esters is 1. The Labute approximate surface area is 158 Å². The molecule has 0 radical (unpaired) electrons. The zero-order valence-electron chi connectivity index (χ0n) is 17.2. The number of ether oxygens (including phenoxy) is 2. The molecule has 2 aliphatic heterocycles. The summed E-state index contributed by atoms with van der Waals surface area (Å²) in [7, 11) is 1.00. The molecule has 0 amide bonds. The fourth-order valence-electron chi connectivity index (χ4n) is 3.16. The molecule has 26 heavy (non-hydrogen) atoms. The molecule has 0 aromatic carbocycles. The summed E-state index contributed by atoms with van der Waals surface area (Å²) in [5.41, 5.74) is 0.221. The van der Waals surface area contributed by atoms with Crippen molar-refractivity contribution in [1.82, 2.24) is 4.90 Å². The molecule has 2 rings (SSSR count). The molecule has 0 N–H and O–H groups in total. The Morgan fingerprint density at radius 1 is 1.19 bits per heavy atom. The molecule has 1 atom stereocenters. The number of carbonyl (C=O) groups is 1. The number of nitrogens with zero attached hydrogens (tertiary/aromatic N) is 1. The molecule has 0 aliphatic carbocycles. The Balaban J connectivity index is 2.28. The van der Waals surface area contributed by atoms with E-state index in [2.05, 4.69) is 11.8 Å². The Bertz CT molecular complexity index is 498. The summed E-state index contributed by atoms with van der Waals surface area (Å²) in [5, 5.41) is 0. The third-order valence-electron chi connectivity index (χ3n) is 5.63. The predicted molar refractivity (Wildman–Crippen MR) is 102 cm³/mol. The third-order valence-corrected chi connectivity index (χ3v) is 5.63. The van der Waals surface area contributed by atoms with Crippen molar-refractivity contribution in [2.45, 2.75) is 71.1 Å². The maximum atomic E-state index is 12.5. The average Bonchev–Trinajstić information content (AvgIpc) is 2.82. The molecule has 2 fully saturated rings. The monoisotopic (exact) mass is 367 g/mol. The molecule has 2 saturated heterocycles. The molecular formula is C19H34BNO5. The van der Waals surface area contributed by atoms with Gasteiger partial charge in [-0.05, 0) is 39.6 Å². The lowest BCUT2D eigenvalue weighted by atomic mass is 9.74. The SMILES string of the molecule is CCCC/C(=C\C(C(=O)OC)N1CCOCC1)B1OC(C)(C)C(C)(C)O1. The van der Waals surface area contributed by atoms with E-state index in [1.165, 1.54) is 7.11 Å². The maximum absolute atomic E-state index is 12.5. The zero-order chi connectivity index (χ0) is 19.4. The number of carbonyl (C=O) groups excluding carboxylic acids is 1. The zero-order valence-corrected chi connectivity index (χ0v) is 17.2. The van der Waals surface area contributed by atoms with Crippen LogP contribution in [-0.2, 0) is 23.6 Å². The standard InChI is InChI=1S/C19H34BNO5/c1-7-8-9-15(20-25-18(2,3)19(4,5)26-20)14-16(17(22)23-6)21-10-12-24-13-11-21/h14,16H,7-13H2,1-6H3/b15-14+. The maximum Gasteiger partial charge on any atom is 0.490 e. The van der Waals surface area contributed by atoms with Gasteiger partial charge in [0, 0.05) is 13.1 Å². The number of unbranched alkanes of at least 4 members (excludes halogenated alkanes) is 1. The highest BCUT2D eigenvalue weighted by atomic mass is 16.7. The lowest BCUT2D eigenvalue weighted by Gasteiger charge is -2.32. The number of hydrogen-bond donors (Lipinski definition) is 0. The van der Waals surface area contributed by atoms with E-state index in [0.29, 0.717) is 26.3 Å². The van der Waals surface area contributed by atoms with Crippen LogP contribution < -0.4 is 0 Å². The van der Waals surface area contributed by atoms with Crippen molar-refractivity contribution in [2.24, 2.45) is 0 Å². The minimum absolute atomic E-state index is 0.252. The summed E-state index contributed by atoms with van der Waals surface area (Å²) in [5.74, 6) is -0.252. The quantitative estimate of drug-likeness (QED) is 0.509. The number of morpholine rings is 1. The first kappa shape index (κ1) is 21.4. The van der Waals surface area contributed by atoms with Gasteiger partial charge in [-0.1, -0.05) is 25.8 Å². The molecular weight excluding hydrogens is 333 g/mol. The van der Waals surface area contributed by atoms with Gasteiger partial charge in [-0.2, -0.15) is 0 Å². The molecule has 1 unspecified atom stereocenters. The molecule has 0 aromatic heterocycles. The van der Waals surface area contributed by atoms with Crippen LogP contribution in [0.15, 0.2) is 11.5 Å². The van der Waals surface area contributed by atoms with Gasteiger partial charge >= 0.3 is 13.1 Å². The first-order chi connectivity index (χ1) is 12.2. The number of hydrogen-bond acceptors (Lipinski definition) is 6. The highest BCUT2D eigenvalue weighted by molar-refractivity contribution is 6.54. The summed E-state index contributed by atoms with van der Waals surface area (Å²) < 4.78 is 23.0. The van der Waals surface area contributed by atoms with E-state index in [4.69, 9.17) is 18.8 Å². The van der Waals surface area contributed by atoms with Crippen molar-refractivity contribution in [3.63, 3.8) is 0 Å². The van der Waals surface area contributed by atoms with Crippen molar-refractivity contribution in [2.75, 3.05) is 33.4 Å². The second-order valence-corrected chi connectivity index (χ2v) is 8.05. The van der Waals surface area contributed by atoms with Crippen molar-refractivity contribution >= 4 is 13.1 Å². The molecule has 2 heterocycles. The fourth-order valence-corrected chi connectivity index (χ4v) is 3.16. The lowest BCUT2D eigenvalue weighted by molar-refractivity contribution is -0.146. The largest absolute Gasteiger partial charge is 0.490 e. The molecule has 0 spiro atoms. The van der Waals surface area contributed by atoms with E-state index in [0.717, 1.165) is 24.7 Å². The smallest absolute Gasteiger partial charge is 0.468 e. The van der Waals surface area contributed by atoms with Crippen molar-refractivity contribution in [1.29, 1.82) is 0 Å². The van der Waals surface area contributed by atoms with Crippen molar-refractivity contribution < 1.29 is 23.6 Å². The molecule has 6 nitrogen and oxygen atoms in total. The molecule has 148 valence electrons. The minimum atomic E-state index is -0.435. The molecule has 0 aromatic rings. The number of allylic oxidation sites excluding steroid dienone is 1. The van der Waals surface area contributed by atoms with Gasteiger partial charge in [-0.25, -0.2) is 0 Å². The van der Waals surface area contributed by atoms with Crippen LogP contribution in [0.1, 0.15) is 53.9 Å². The predicted octanol–water partition coefficient (Wildman–Crippen LogP) is 2.61. The Hall–Kier alpha value is -0.885. The van der Waals surface area contributed by atoms with Gasteiger partial charge < -0.3 is 18.8 Å². The van der Waals surface area contributed by atoms with E-state index in [-0.39, 0.29) is 5.97 Å². The van der Waals surface area contributed by atoms with Gasteiger partial charge in [0.25, 0.3) is 0 Å². The van der Waals surface area contributed by atoms with Crippen LogP contribution in [0.2, 0.25) is 0 Å². The van der Waals surface area contributed by atoms with Gasteiger partial charge in [0.15, 0.2) is 0 Å². The second-order valence-electron chi connectivity index (χ2n) is 8.05. The third kappa shape index (κ3) is 4.88. The van der Waals surface area contributed by atoms with Crippen LogP contribution >= 0.6 is 0 Å². The van der Waals surface area contributed by atoms with E-state index in [1.54, 1.807) is 0 Å². The van der Waals surface area contributed by atoms with Gasteiger partial charge in [-0.15, -0.1) is 0 Å². The Kier molecular flexibility index (Phi) is 7.31. The fraction of sp³-hybridized carbons (Fsp3) is 0.842. The summed E-state index contributed by atoms with van der Waals surface area (Å²) >= 11 is 0. The van der Waals surface area contributed by atoms with Crippen molar-refractivity contribution in [3.8, 4) is 0 Å². The van der Waals surface area contributed by atoms with Gasteiger partial charge in [0.05, 0.1) is 31.5 Å².